The predicted molar refractivity (Wildman–Crippen MR) is 92.0 cm³/mol. The zero-order valence-corrected chi connectivity index (χ0v) is 15.0. The summed E-state index contributed by atoms with van der Waals surface area (Å²) in [6.45, 7) is 12.6. The molecule has 4 nitrogen and oxygen atoms in total. The Bertz CT molecular complexity index is 479. The van der Waals surface area contributed by atoms with Gasteiger partial charge in [-0.2, -0.15) is 0 Å². The second-order valence-electron chi connectivity index (χ2n) is 7.21. The molecule has 1 rings (SSSR count). The molecule has 124 valence electrons. The van der Waals surface area contributed by atoms with Crippen molar-refractivity contribution in [2.24, 2.45) is 5.41 Å². The van der Waals surface area contributed by atoms with Crippen molar-refractivity contribution in [3.63, 3.8) is 0 Å². The topological polar surface area (TPSA) is 46.1 Å². The summed E-state index contributed by atoms with van der Waals surface area (Å²) >= 11 is 0. The summed E-state index contributed by atoms with van der Waals surface area (Å²) in [5, 5.41) is 0. The van der Waals surface area contributed by atoms with E-state index >= 15 is 0 Å². The van der Waals surface area contributed by atoms with Crippen molar-refractivity contribution in [2.75, 3.05) is 4.90 Å². The Kier molecular flexibility index (Phi) is 6.98. The number of nitrogens with zero attached hydrogens (tertiary/aromatic N) is 3. The van der Waals surface area contributed by atoms with E-state index in [1.807, 2.05) is 6.07 Å². The first-order chi connectivity index (χ1) is 10.3. The Morgan fingerprint density at radius 2 is 2.00 bits per heavy atom. The largest absolute Gasteiger partial charge is 0.278 e. The van der Waals surface area contributed by atoms with Crippen molar-refractivity contribution < 1.29 is 4.79 Å². The second kappa shape index (κ2) is 8.25. The van der Waals surface area contributed by atoms with Gasteiger partial charge in [0.2, 0.25) is 11.9 Å². The third kappa shape index (κ3) is 5.74. The summed E-state index contributed by atoms with van der Waals surface area (Å²) in [4.78, 5) is 23.5. The van der Waals surface area contributed by atoms with Crippen LogP contribution in [-0.2, 0) is 11.2 Å². The third-order valence-corrected chi connectivity index (χ3v) is 3.68. The molecule has 1 unspecified atom stereocenters. The number of aryl methyl sites for hydroxylation is 1. The van der Waals surface area contributed by atoms with Gasteiger partial charge in [0.25, 0.3) is 0 Å². The smallest absolute Gasteiger partial charge is 0.232 e. The molecule has 1 atom stereocenters. The summed E-state index contributed by atoms with van der Waals surface area (Å²) in [6.07, 6.45) is 6.34. The van der Waals surface area contributed by atoms with Crippen LogP contribution in [0.5, 0.6) is 0 Å². The molecule has 0 bridgehead atoms. The average molecular weight is 305 g/mol. The van der Waals surface area contributed by atoms with Gasteiger partial charge in [-0.05, 0) is 37.7 Å². The van der Waals surface area contributed by atoms with Crippen LogP contribution in [0.25, 0.3) is 0 Å². The van der Waals surface area contributed by atoms with Gasteiger partial charge in [0.15, 0.2) is 0 Å². The maximum atomic E-state index is 12.7. The van der Waals surface area contributed by atoms with E-state index in [-0.39, 0.29) is 17.4 Å². The van der Waals surface area contributed by atoms with Crippen molar-refractivity contribution in [2.45, 2.75) is 79.7 Å². The fourth-order valence-corrected chi connectivity index (χ4v) is 2.27. The number of amides is 1. The third-order valence-electron chi connectivity index (χ3n) is 3.68. The molecule has 0 aromatic carbocycles. The Morgan fingerprint density at radius 1 is 1.32 bits per heavy atom. The number of hydrogen-bond acceptors (Lipinski definition) is 3. The molecule has 0 fully saturated rings. The predicted octanol–water partition coefficient (Wildman–Crippen LogP) is 4.39. The molecule has 1 amide bonds. The zero-order valence-electron chi connectivity index (χ0n) is 15.0. The molecular weight excluding hydrogens is 274 g/mol. The number of carbonyl (C=O) groups excluding carboxylic acids is 1. The number of unbranched alkanes of at least 4 members (excludes halogenated alkanes) is 1. The fourth-order valence-electron chi connectivity index (χ4n) is 2.27. The van der Waals surface area contributed by atoms with E-state index < -0.39 is 0 Å². The Morgan fingerprint density at radius 3 is 2.55 bits per heavy atom. The van der Waals surface area contributed by atoms with Crippen molar-refractivity contribution >= 4 is 11.9 Å². The van der Waals surface area contributed by atoms with Crippen LogP contribution in [-0.4, -0.2) is 21.9 Å². The summed E-state index contributed by atoms with van der Waals surface area (Å²) < 4.78 is 0. The van der Waals surface area contributed by atoms with Crippen LogP contribution in [0.2, 0.25) is 0 Å². The first-order valence-electron chi connectivity index (χ1n) is 8.42. The minimum Gasteiger partial charge on any atom is -0.278 e. The van der Waals surface area contributed by atoms with Gasteiger partial charge < -0.3 is 0 Å². The van der Waals surface area contributed by atoms with E-state index in [1.54, 1.807) is 11.1 Å². The molecule has 0 spiro atoms. The SMILES string of the molecule is CCCCc1ccnc(N(C(=O)CC(C)(C)C)C(C)CC)n1. The molecule has 1 aromatic heterocycles. The van der Waals surface area contributed by atoms with Crippen molar-refractivity contribution in [1.82, 2.24) is 9.97 Å². The normalized spacial score (nSPS) is 13.0. The van der Waals surface area contributed by atoms with E-state index in [2.05, 4.69) is 51.5 Å². The monoisotopic (exact) mass is 305 g/mol. The number of anilines is 1. The van der Waals surface area contributed by atoms with Gasteiger partial charge >= 0.3 is 0 Å². The Hall–Kier alpha value is -1.45. The molecule has 0 aliphatic rings. The van der Waals surface area contributed by atoms with Gasteiger partial charge in [0.05, 0.1) is 0 Å². The molecule has 4 heteroatoms. The molecule has 0 saturated heterocycles. The lowest BCUT2D eigenvalue weighted by atomic mass is 9.91. The molecule has 0 aliphatic carbocycles. The first-order valence-corrected chi connectivity index (χ1v) is 8.42. The van der Waals surface area contributed by atoms with E-state index in [9.17, 15) is 4.79 Å². The highest BCUT2D eigenvalue weighted by Crippen LogP contribution is 2.23. The lowest BCUT2D eigenvalue weighted by Crippen LogP contribution is -2.41. The van der Waals surface area contributed by atoms with E-state index in [4.69, 9.17) is 0 Å². The zero-order chi connectivity index (χ0) is 16.8. The maximum absolute atomic E-state index is 12.7. The second-order valence-corrected chi connectivity index (χ2v) is 7.21. The van der Waals surface area contributed by atoms with Crippen LogP contribution in [0.3, 0.4) is 0 Å². The molecule has 0 aliphatic heterocycles. The van der Waals surface area contributed by atoms with Crippen LogP contribution in [0.4, 0.5) is 5.95 Å². The Labute approximate surface area is 135 Å². The van der Waals surface area contributed by atoms with E-state index in [1.165, 1.54) is 0 Å². The van der Waals surface area contributed by atoms with Crippen LogP contribution in [0, 0.1) is 5.41 Å². The van der Waals surface area contributed by atoms with Crippen molar-refractivity contribution in [3.05, 3.63) is 18.0 Å². The number of rotatable bonds is 7. The minimum atomic E-state index is -0.0391. The number of hydrogen-bond donors (Lipinski definition) is 0. The molecule has 1 heterocycles. The average Bonchev–Trinajstić information content (AvgIpc) is 2.43. The van der Waals surface area contributed by atoms with Gasteiger partial charge in [-0.25, -0.2) is 9.97 Å². The van der Waals surface area contributed by atoms with E-state index in [0.29, 0.717) is 12.4 Å². The summed E-state index contributed by atoms with van der Waals surface area (Å²) in [5.74, 6) is 0.659. The van der Waals surface area contributed by atoms with Crippen molar-refractivity contribution in [3.8, 4) is 0 Å². The van der Waals surface area contributed by atoms with Crippen molar-refractivity contribution in [1.29, 1.82) is 0 Å². The molecule has 0 saturated carbocycles. The maximum Gasteiger partial charge on any atom is 0.232 e. The lowest BCUT2D eigenvalue weighted by molar-refractivity contribution is -0.120. The standard InChI is InChI=1S/C18H31N3O/c1-7-9-10-15-11-12-19-17(20-15)21(14(3)8-2)16(22)13-18(4,5)6/h11-12,14H,7-10,13H2,1-6H3. The minimum absolute atomic E-state index is 0.0391. The number of aromatic nitrogens is 2. The lowest BCUT2D eigenvalue weighted by Gasteiger charge is -2.29. The van der Waals surface area contributed by atoms with Crippen LogP contribution in [0.1, 0.15) is 72.9 Å². The summed E-state index contributed by atoms with van der Waals surface area (Å²) in [6, 6.07) is 2.05. The van der Waals surface area contributed by atoms with Crippen LogP contribution < -0.4 is 4.90 Å². The highest BCUT2D eigenvalue weighted by atomic mass is 16.2. The van der Waals surface area contributed by atoms with Gasteiger partial charge in [-0.3, -0.25) is 9.69 Å². The van der Waals surface area contributed by atoms with Crippen LogP contribution >= 0.6 is 0 Å². The number of carbonyl (C=O) groups is 1. The summed E-state index contributed by atoms with van der Waals surface area (Å²) in [5.41, 5.74) is 0.978. The van der Waals surface area contributed by atoms with E-state index in [0.717, 1.165) is 31.4 Å². The molecule has 1 aromatic rings. The first kappa shape index (κ1) is 18.6. The summed E-state index contributed by atoms with van der Waals surface area (Å²) in [7, 11) is 0. The fraction of sp³-hybridized carbons (Fsp3) is 0.722. The van der Waals surface area contributed by atoms with Gasteiger partial charge in [0.1, 0.15) is 0 Å². The Balaban J connectivity index is 3.04. The quantitative estimate of drug-likeness (QED) is 0.750. The van der Waals surface area contributed by atoms with Gasteiger partial charge in [0, 0.05) is 24.4 Å². The van der Waals surface area contributed by atoms with Crippen LogP contribution in [0.15, 0.2) is 12.3 Å². The van der Waals surface area contributed by atoms with Gasteiger partial charge in [-0.15, -0.1) is 0 Å². The molecule has 0 N–H and O–H groups in total. The highest BCUT2D eigenvalue weighted by Gasteiger charge is 2.27. The highest BCUT2D eigenvalue weighted by molar-refractivity contribution is 5.92. The molecule has 22 heavy (non-hydrogen) atoms. The molecular formula is C18H31N3O. The molecule has 0 radical (unpaired) electrons. The van der Waals surface area contributed by atoms with Gasteiger partial charge in [-0.1, -0.05) is 41.0 Å².